The van der Waals surface area contributed by atoms with E-state index in [0.717, 1.165) is 72.5 Å². The zero-order valence-corrected chi connectivity index (χ0v) is 34.4. The van der Waals surface area contributed by atoms with Crippen LogP contribution in [0.15, 0.2) is 247 Å². The number of nitrogens with zero attached hydrogens (tertiary/aromatic N) is 2. The van der Waals surface area contributed by atoms with Gasteiger partial charge < -0.3 is 13.9 Å². The lowest BCUT2D eigenvalue weighted by molar-refractivity contribution is 0.669. The first-order valence-electron chi connectivity index (χ1n) is 21.5. The van der Waals surface area contributed by atoms with Crippen LogP contribution in [-0.4, -0.2) is 4.57 Å². The molecule has 12 rings (SSSR count). The van der Waals surface area contributed by atoms with Crippen molar-refractivity contribution in [3.05, 3.63) is 243 Å². The van der Waals surface area contributed by atoms with Crippen LogP contribution >= 0.6 is 0 Å². The summed E-state index contributed by atoms with van der Waals surface area (Å²) < 4.78 is 8.65. The van der Waals surface area contributed by atoms with E-state index in [0.29, 0.717) is 0 Å². The third kappa shape index (κ3) is 6.46. The maximum absolute atomic E-state index is 6.27. The molecule has 0 saturated carbocycles. The van der Waals surface area contributed by atoms with Gasteiger partial charge in [-0.25, -0.2) is 0 Å². The molecule has 2 aromatic heterocycles. The highest BCUT2D eigenvalue weighted by atomic mass is 16.3. The van der Waals surface area contributed by atoms with Crippen molar-refractivity contribution < 1.29 is 4.42 Å². The molecule has 0 aliphatic carbocycles. The minimum absolute atomic E-state index is 0.896. The molecule has 2 heterocycles. The highest BCUT2D eigenvalue weighted by molar-refractivity contribution is 6.09. The van der Waals surface area contributed by atoms with Crippen LogP contribution in [0.2, 0.25) is 0 Å². The van der Waals surface area contributed by atoms with Crippen LogP contribution in [0.5, 0.6) is 0 Å². The first-order chi connectivity index (χ1) is 31.2. The molecule has 0 radical (unpaired) electrons. The van der Waals surface area contributed by atoms with Gasteiger partial charge in [0.15, 0.2) is 0 Å². The molecule has 0 spiro atoms. The van der Waals surface area contributed by atoms with Crippen molar-refractivity contribution in [1.82, 2.24) is 4.57 Å². The molecule has 3 nitrogen and oxygen atoms in total. The van der Waals surface area contributed by atoms with Crippen molar-refractivity contribution in [2.75, 3.05) is 4.90 Å². The second-order valence-electron chi connectivity index (χ2n) is 16.1. The topological polar surface area (TPSA) is 21.3 Å². The van der Waals surface area contributed by atoms with E-state index in [1.165, 1.54) is 38.5 Å². The molecule has 0 fully saturated rings. The largest absolute Gasteiger partial charge is 0.456 e. The van der Waals surface area contributed by atoms with Crippen LogP contribution in [0.1, 0.15) is 0 Å². The summed E-state index contributed by atoms with van der Waals surface area (Å²) >= 11 is 0. The Morgan fingerprint density at radius 2 is 0.794 bits per heavy atom. The lowest BCUT2D eigenvalue weighted by atomic mass is 9.94. The van der Waals surface area contributed by atoms with E-state index in [9.17, 15) is 0 Å². The fraction of sp³-hybridized carbons (Fsp3) is 0. The van der Waals surface area contributed by atoms with Crippen molar-refractivity contribution in [1.29, 1.82) is 0 Å². The molecular formula is C60H40N2O. The minimum Gasteiger partial charge on any atom is -0.456 e. The van der Waals surface area contributed by atoms with Gasteiger partial charge in [-0.15, -0.1) is 0 Å². The van der Waals surface area contributed by atoms with E-state index in [-0.39, 0.29) is 0 Å². The van der Waals surface area contributed by atoms with Crippen molar-refractivity contribution in [2.45, 2.75) is 0 Å². The van der Waals surface area contributed by atoms with Crippen LogP contribution in [0.3, 0.4) is 0 Å². The third-order valence-corrected chi connectivity index (χ3v) is 12.4. The third-order valence-electron chi connectivity index (χ3n) is 12.4. The summed E-state index contributed by atoms with van der Waals surface area (Å²) in [5.74, 6) is 0. The SMILES string of the molecule is c1ccc(-c2ccccc2-c2cccc(N(c3ccc(-c4cccc(-n5c6ccccc6c6ccccc65)c4)cc3)c3ccc(-c4ccc5c(c4)oc4ccccc45)cc3)c2)cc1. The number of benzene rings is 10. The summed E-state index contributed by atoms with van der Waals surface area (Å²) in [6, 6.07) is 87.1. The van der Waals surface area contributed by atoms with E-state index in [2.05, 4.69) is 240 Å². The second kappa shape index (κ2) is 15.3. The normalized spacial score (nSPS) is 11.5. The Hall–Kier alpha value is -8.40. The van der Waals surface area contributed by atoms with Crippen molar-refractivity contribution >= 4 is 60.8 Å². The number of anilines is 3. The molecule has 3 heteroatoms. The molecule has 0 amide bonds. The summed E-state index contributed by atoms with van der Waals surface area (Å²) in [6.45, 7) is 0. The molecular weight excluding hydrogens is 765 g/mol. The predicted octanol–water partition coefficient (Wildman–Crippen LogP) is 16.8. The Labute approximate surface area is 366 Å². The molecule has 0 saturated heterocycles. The first-order valence-corrected chi connectivity index (χ1v) is 21.5. The number of hydrogen-bond acceptors (Lipinski definition) is 2. The van der Waals surface area contributed by atoms with Gasteiger partial charge in [0.25, 0.3) is 0 Å². The maximum Gasteiger partial charge on any atom is 0.136 e. The van der Waals surface area contributed by atoms with Crippen LogP contribution in [0.4, 0.5) is 17.1 Å². The Morgan fingerprint density at radius 3 is 1.49 bits per heavy atom. The summed E-state index contributed by atoms with van der Waals surface area (Å²) in [4.78, 5) is 2.36. The van der Waals surface area contributed by atoms with E-state index in [1.807, 2.05) is 12.1 Å². The van der Waals surface area contributed by atoms with Gasteiger partial charge in [-0.3, -0.25) is 0 Å². The van der Waals surface area contributed by atoms with Gasteiger partial charge in [-0.05, 0) is 123 Å². The molecule has 10 aromatic carbocycles. The Morgan fingerprint density at radius 1 is 0.286 bits per heavy atom. The number of fused-ring (bicyclic) bond motifs is 6. The first kappa shape index (κ1) is 36.5. The van der Waals surface area contributed by atoms with Gasteiger partial charge in [-0.2, -0.15) is 0 Å². The van der Waals surface area contributed by atoms with E-state index in [1.54, 1.807) is 0 Å². The van der Waals surface area contributed by atoms with Crippen LogP contribution in [0.25, 0.3) is 93.9 Å². The Bertz CT molecular complexity index is 3560. The predicted molar refractivity (Wildman–Crippen MR) is 264 cm³/mol. The highest BCUT2D eigenvalue weighted by Crippen LogP contribution is 2.41. The standard InChI is InChI=1S/C60H40N2O/c1-2-14-43(15-3-1)51-20-4-5-21-52(51)46-17-13-18-49(39-46)61(48-35-30-42(31-36-48)45-32-37-56-55-24-8-11-27-59(55)63-60(56)40-45)47-33-28-41(29-34-47)44-16-12-19-50(38-44)62-57-25-9-6-22-53(57)54-23-7-10-26-58(54)62/h1-40H. The monoisotopic (exact) mass is 804 g/mol. The van der Waals surface area contributed by atoms with Crippen LogP contribution < -0.4 is 4.90 Å². The molecule has 0 aliphatic rings. The van der Waals surface area contributed by atoms with Gasteiger partial charge >= 0.3 is 0 Å². The average Bonchev–Trinajstić information content (AvgIpc) is 3.90. The zero-order valence-electron chi connectivity index (χ0n) is 34.4. The summed E-state index contributed by atoms with van der Waals surface area (Å²) in [5.41, 5.74) is 17.9. The summed E-state index contributed by atoms with van der Waals surface area (Å²) in [6.07, 6.45) is 0. The molecule has 296 valence electrons. The van der Waals surface area contributed by atoms with E-state index >= 15 is 0 Å². The van der Waals surface area contributed by atoms with Crippen LogP contribution in [0, 0.1) is 0 Å². The highest BCUT2D eigenvalue weighted by Gasteiger charge is 2.17. The van der Waals surface area contributed by atoms with Gasteiger partial charge in [-0.1, -0.05) is 164 Å². The second-order valence-corrected chi connectivity index (χ2v) is 16.1. The number of furan rings is 1. The Kier molecular flexibility index (Phi) is 8.83. The maximum atomic E-state index is 6.27. The molecule has 0 bridgehead atoms. The average molecular weight is 805 g/mol. The van der Waals surface area contributed by atoms with Gasteiger partial charge in [0, 0.05) is 44.3 Å². The van der Waals surface area contributed by atoms with E-state index in [4.69, 9.17) is 4.42 Å². The molecule has 0 unspecified atom stereocenters. The smallest absolute Gasteiger partial charge is 0.136 e. The van der Waals surface area contributed by atoms with Crippen molar-refractivity contribution in [3.8, 4) is 50.2 Å². The van der Waals surface area contributed by atoms with Gasteiger partial charge in [0.2, 0.25) is 0 Å². The lowest BCUT2D eigenvalue weighted by Gasteiger charge is -2.26. The fourth-order valence-corrected chi connectivity index (χ4v) is 9.40. The van der Waals surface area contributed by atoms with Gasteiger partial charge in [0.05, 0.1) is 11.0 Å². The Balaban J connectivity index is 0.940. The number of hydrogen-bond donors (Lipinski definition) is 0. The minimum atomic E-state index is 0.896. The fourth-order valence-electron chi connectivity index (χ4n) is 9.40. The molecule has 0 aliphatic heterocycles. The zero-order chi connectivity index (χ0) is 41.7. The molecule has 63 heavy (non-hydrogen) atoms. The summed E-state index contributed by atoms with van der Waals surface area (Å²) in [7, 11) is 0. The lowest BCUT2D eigenvalue weighted by Crippen LogP contribution is -2.10. The summed E-state index contributed by atoms with van der Waals surface area (Å²) in [5, 5.41) is 4.79. The van der Waals surface area contributed by atoms with Crippen molar-refractivity contribution in [3.63, 3.8) is 0 Å². The molecule has 0 N–H and O–H groups in total. The quantitative estimate of drug-likeness (QED) is 0.153. The van der Waals surface area contributed by atoms with E-state index < -0.39 is 0 Å². The number of rotatable bonds is 8. The number of para-hydroxylation sites is 3. The molecule has 0 atom stereocenters. The number of aromatic nitrogens is 1. The van der Waals surface area contributed by atoms with Crippen LogP contribution in [-0.2, 0) is 0 Å². The van der Waals surface area contributed by atoms with Gasteiger partial charge in [0.1, 0.15) is 11.2 Å². The molecule has 12 aromatic rings. The van der Waals surface area contributed by atoms with Crippen molar-refractivity contribution in [2.24, 2.45) is 0 Å².